The maximum atomic E-state index is 13.4. The number of carbonyl (C=O) groups is 2. The molecule has 1 saturated heterocycles. The van der Waals surface area contributed by atoms with Crippen LogP contribution in [0.25, 0.3) is 10.9 Å². The van der Waals surface area contributed by atoms with Gasteiger partial charge in [-0.3, -0.25) is 9.59 Å². The third-order valence-corrected chi connectivity index (χ3v) is 6.94. The van der Waals surface area contributed by atoms with Crippen LogP contribution in [0.15, 0.2) is 48.5 Å². The minimum atomic E-state index is -0.970. The quantitative estimate of drug-likeness (QED) is 0.413. The molecule has 1 aliphatic heterocycles. The summed E-state index contributed by atoms with van der Waals surface area (Å²) in [5.41, 5.74) is 8.03. The van der Waals surface area contributed by atoms with E-state index in [1.54, 1.807) is 24.3 Å². The van der Waals surface area contributed by atoms with E-state index in [0.717, 1.165) is 37.7 Å². The fourth-order valence-electron chi connectivity index (χ4n) is 4.82. The minimum absolute atomic E-state index is 0.0616. The number of ketones is 2. The standard InChI is InChI=1S/C29H32N2O5/c1-2-3-6-20(30)17-36-25-7-4-5-19-8-11-24(31-27(19)25)26-28(32)22-10-9-21(14-23(22)29(26)33)35-16-18-12-13-34-15-18/h4-5,7-11,14,18,20,26H,2-3,6,12-13,15-17,30H2,1H3. The van der Waals surface area contributed by atoms with E-state index in [1.807, 2.05) is 24.3 Å². The molecule has 7 heteroatoms. The monoisotopic (exact) mass is 488 g/mol. The van der Waals surface area contributed by atoms with Gasteiger partial charge in [-0.15, -0.1) is 0 Å². The van der Waals surface area contributed by atoms with Crippen molar-refractivity contribution in [1.29, 1.82) is 0 Å². The number of fused-ring (bicyclic) bond motifs is 2. The maximum Gasteiger partial charge on any atom is 0.180 e. The Labute approximate surface area is 210 Å². The molecule has 7 nitrogen and oxygen atoms in total. The molecule has 2 heterocycles. The molecule has 2 aliphatic rings. The molecule has 2 N–H and O–H groups in total. The number of benzene rings is 2. The summed E-state index contributed by atoms with van der Waals surface area (Å²) in [6, 6.07) is 14.4. The number of hydrogen-bond donors (Lipinski definition) is 1. The van der Waals surface area contributed by atoms with Crippen molar-refractivity contribution in [3.8, 4) is 11.5 Å². The second-order valence-electron chi connectivity index (χ2n) is 9.69. The van der Waals surface area contributed by atoms with Crippen molar-refractivity contribution < 1.29 is 23.8 Å². The molecule has 0 spiro atoms. The lowest BCUT2D eigenvalue weighted by Gasteiger charge is -2.15. The van der Waals surface area contributed by atoms with Crippen LogP contribution in [0.1, 0.15) is 64.9 Å². The van der Waals surface area contributed by atoms with Gasteiger partial charge in [-0.1, -0.05) is 38.0 Å². The van der Waals surface area contributed by atoms with Gasteiger partial charge in [-0.05, 0) is 43.2 Å². The van der Waals surface area contributed by atoms with Gasteiger partial charge >= 0.3 is 0 Å². The van der Waals surface area contributed by atoms with E-state index in [4.69, 9.17) is 24.9 Å². The Kier molecular flexibility index (Phi) is 7.30. The van der Waals surface area contributed by atoms with Gasteiger partial charge in [0, 0.05) is 35.1 Å². The molecular weight excluding hydrogens is 456 g/mol. The average molecular weight is 489 g/mol. The SMILES string of the molecule is CCCCC(N)COc1cccc2ccc(C3C(=O)c4ccc(OCC5CCOC5)cc4C3=O)nc12. The molecule has 36 heavy (non-hydrogen) atoms. The summed E-state index contributed by atoms with van der Waals surface area (Å²) in [5.74, 6) is 0.0758. The lowest BCUT2D eigenvalue weighted by molar-refractivity contribution is 0.0888. The molecule has 0 bridgehead atoms. The van der Waals surface area contributed by atoms with Gasteiger partial charge in [-0.25, -0.2) is 4.98 Å². The molecule has 0 amide bonds. The second-order valence-corrected chi connectivity index (χ2v) is 9.69. The summed E-state index contributed by atoms with van der Waals surface area (Å²) in [4.78, 5) is 31.4. The van der Waals surface area contributed by atoms with E-state index in [9.17, 15) is 9.59 Å². The summed E-state index contributed by atoms with van der Waals surface area (Å²) in [5, 5.41) is 0.875. The van der Waals surface area contributed by atoms with Gasteiger partial charge in [-0.2, -0.15) is 0 Å². The molecule has 0 radical (unpaired) electrons. The molecule has 1 aromatic heterocycles. The highest BCUT2D eigenvalue weighted by Gasteiger charge is 2.41. The van der Waals surface area contributed by atoms with E-state index >= 15 is 0 Å². The zero-order chi connectivity index (χ0) is 25.1. The molecule has 2 aromatic carbocycles. The van der Waals surface area contributed by atoms with Crippen LogP contribution >= 0.6 is 0 Å². The number of para-hydroxylation sites is 1. The van der Waals surface area contributed by atoms with Crippen LogP contribution in [-0.4, -0.2) is 49.0 Å². The summed E-state index contributed by atoms with van der Waals surface area (Å²) in [6.45, 7) is 4.49. The lowest BCUT2D eigenvalue weighted by Crippen LogP contribution is -2.27. The summed E-state index contributed by atoms with van der Waals surface area (Å²) in [6.07, 6.45) is 4.00. The van der Waals surface area contributed by atoms with Crippen LogP contribution in [0.5, 0.6) is 11.5 Å². The van der Waals surface area contributed by atoms with Crippen LogP contribution in [0.4, 0.5) is 0 Å². The number of pyridine rings is 1. The molecule has 3 atom stereocenters. The van der Waals surface area contributed by atoms with Gasteiger partial charge in [0.2, 0.25) is 0 Å². The summed E-state index contributed by atoms with van der Waals surface area (Å²) < 4.78 is 17.3. The van der Waals surface area contributed by atoms with Crippen LogP contribution in [0.3, 0.4) is 0 Å². The zero-order valence-electron chi connectivity index (χ0n) is 20.6. The number of carbonyl (C=O) groups excluding carboxylic acids is 2. The fourth-order valence-corrected chi connectivity index (χ4v) is 4.82. The largest absolute Gasteiger partial charge is 0.493 e. The Morgan fingerprint density at radius 1 is 1.08 bits per heavy atom. The van der Waals surface area contributed by atoms with Gasteiger partial charge < -0.3 is 19.9 Å². The van der Waals surface area contributed by atoms with Crippen molar-refractivity contribution in [3.63, 3.8) is 0 Å². The minimum Gasteiger partial charge on any atom is -0.493 e. The molecular formula is C29H32N2O5. The number of aromatic nitrogens is 1. The maximum absolute atomic E-state index is 13.4. The van der Waals surface area contributed by atoms with Crippen molar-refractivity contribution in [3.05, 3.63) is 65.4 Å². The first kappa shape index (κ1) is 24.4. The van der Waals surface area contributed by atoms with E-state index < -0.39 is 5.92 Å². The van der Waals surface area contributed by atoms with Crippen molar-refractivity contribution in [2.75, 3.05) is 26.4 Å². The number of ether oxygens (including phenoxy) is 3. The number of nitrogens with two attached hydrogens (primary N) is 1. The Morgan fingerprint density at radius 3 is 2.75 bits per heavy atom. The molecule has 0 saturated carbocycles. The van der Waals surface area contributed by atoms with E-state index in [-0.39, 0.29) is 17.6 Å². The predicted molar refractivity (Wildman–Crippen MR) is 137 cm³/mol. The Bertz CT molecular complexity index is 1270. The van der Waals surface area contributed by atoms with E-state index in [0.29, 0.717) is 59.6 Å². The van der Waals surface area contributed by atoms with Crippen LogP contribution in [-0.2, 0) is 4.74 Å². The van der Waals surface area contributed by atoms with Crippen molar-refractivity contribution >= 4 is 22.5 Å². The van der Waals surface area contributed by atoms with E-state index in [2.05, 4.69) is 6.92 Å². The normalized spacial score (nSPS) is 20.1. The average Bonchev–Trinajstić information content (AvgIpc) is 3.51. The topological polar surface area (TPSA) is 101 Å². The first-order chi connectivity index (χ1) is 17.5. The van der Waals surface area contributed by atoms with Crippen molar-refractivity contribution in [2.24, 2.45) is 11.7 Å². The zero-order valence-corrected chi connectivity index (χ0v) is 20.6. The molecule has 188 valence electrons. The molecule has 3 unspecified atom stereocenters. The van der Waals surface area contributed by atoms with Gasteiger partial charge in [0.05, 0.1) is 18.9 Å². The Balaban J connectivity index is 1.36. The third-order valence-electron chi connectivity index (χ3n) is 6.94. The fraction of sp³-hybridized carbons (Fsp3) is 0.414. The number of hydrogen-bond acceptors (Lipinski definition) is 7. The van der Waals surface area contributed by atoms with Crippen LogP contribution in [0, 0.1) is 5.92 Å². The molecule has 1 fully saturated rings. The first-order valence-electron chi connectivity index (χ1n) is 12.8. The number of Topliss-reactive ketones (excluding diaryl/α,β-unsaturated/α-hetero) is 2. The van der Waals surface area contributed by atoms with Crippen LogP contribution < -0.4 is 15.2 Å². The predicted octanol–water partition coefficient (Wildman–Crippen LogP) is 4.71. The lowest BCUT2D eigenvalue weighted by atomic mass is 9.98. The third kappa shape index (κ3) is 4.99. The smallest absolute Gasteiger partial charge is 0.180 e. The van der Waals surface area contributed by atoms with Gasteiger partial charge in [0.15, 0.2) is 11.6 Å². The molecule has 5 rings (SSSR count). The highest BCUT2D eigenvalue weighted by atomic mass is 16.5. The van der Waals surface area contributed by atoms with Gasteiger partial charge in [0.1, 0.15) is 29.5 Å². The summed E-state index contributed by atoms with van der Waals surface area (Å²) >= 11 is 0. The van der Waals surface area contributed by atoms with Gasteiger partial charge in [0.25, 0.3) is 0 Å². The number of rotatable bonds is 10. The Hall–Kier alpha value is -3.29. The first-order valence-corrected chi connectivity index (χ1v) is 12.8. The summed E-state index contributed by atoms with van der Waals surface area (Å²) in [7, 11) is 0. The van der Waals surface area contributed by atoms with E-state index in [1.165, 1.54) is 0 Å². The number of unbranched alkanes of at least 4 members (excludes halogenated alkanes) is 1. The number of nitrogens with zero attached hydrogens (tertiary/aromatic N) is 1. The van der Waals surface area contributed by atoms with Crippen molar-refractivity contribution in [2.45, 2.75) is 44.6 Å². The molecule has 1 aliphatic carbocycles. The molecule has 3 aromatic rings. The Morgan fingerprint density at radius 2 is 1.94 bits per heavy atom. The highest BCUT2D eigenvalue weighted by Crippen LogP contribution is 2.36. The highest BCUT2D eigenvalue weighted by molar-refractivity contribution is 6.29. The second kappa shape index (κ2) is 10.8. The van der Waals surface area contributed by atoms with Crippen LogP contribution in [0.2, 0.25) is 0 Å². The van der Waals surface area contributed by atoms with Crippen molar-refractivity contribution in [1.82, 2.24) is 4.98 Å².